The highest BCUT2D eigenvalue weighted by molar-refractivity contribution is 14.1. The number of fused-ring (bicyclic) bond motifs is 1. The van der Waals surface area contributed by atoms with E-state index in [0.29, 0.717) is 15.1 Å². The van der Waals surface area contributed by atoms with Crippen LogP contribution in [-0.4, -0.2) is 15.0 Å². The number of hydrogen-bond donors (Lipinski definition) is 2. The Morgan fingerprint density at radius 2 is 2.13 bits per heavy atom. The first-order valence-electron chi connectivity index (χ1n) is 3.99. The standard InChI is InChI=1S/C8H5ClIN3O2/c9-4-1-3-6(11-5(4)2-10)12-8(15)13-7(3)14/h1H,2H2,(H2,11,12,13,14,15). The quantitative estimate of drug-likeness (QED) is 0.606. The lowest BCUT2D eigenvalue weighted by molar-refractivity contribution is 1.05. The maximum Gasteiger partial charge on any atom is 0.327 e. The first-order chi connectivity index (χ1) is 7.11. The fourth-order valence-corrected chi connectivity index (χ4v) is 2.22. The molecule has 0 saturated heterocycles. The maximum absolute atomic E-state index is 11.4. The second-order valence-electron chi connectivity index (χ2n) is 2.85. The zero-order valence-electron chi connectivity index (χ0n) is 7.30. The van der Waals surface area contributed by atoms with Gasteiger partial charge in [-0.05, 0) is 6.07 Å². The van der Waals surface area contributed by atoms with Crippen molar-refractivity contribution in [3.63, 3.8) is 0 Å². The molecule has 0 amide bonds. The SMILES string of the molecule is O=c1[nH]c(=O)c2cc(Cl)c(CI)nc2[nH]1. The number of hydrogen-bond acceptors (Lipinski definition) is 3. The predicted octanol–water partition coefficient (Wildman–Crippen LogP) is 1.20. The van der Waals surface area contributed by atoms with Crippen LogP contribution in [0.1, 0.15) is 5.69 Å². The Bertz CT molecular complexity index is 634. The molecule has 0 unspecified atom stereocenters. The fraction of sp³-hybridized carbons (Fsp3) is 0.125. The molecule has 2 heterocycles. The number of nitrogens with zero attached hydrogens (tertiary/aromatic N) is 1. The summed E-state index contributed by atoms with van der Waals surface area (Å²) in [5.41, 5.74) is -0.143. The summed E-state index contributed by atoms with van der Waals surface area (Å²) in [7, 11) is 0. The molecule has 0 atom stereocenters. The van der Waals surface area contributed by atoms with Gasteiger partial charge in [-0.2, -0.15) is 0 Å². The lowest BCUT2D eigenvalue weighted by atomic mass is 10.3. The average Bonchev–Trinajstić information content (AvgIpc) is 2.18. The number of pyridine rings is 1. The van der Waals surface area contributed by atoms with Gasteiger partial charge in [-0.1, -0.05) is 34.2 Å². The van der Waals surface area contributed by atoms with E-state index in [4.69, 9.17) is 11.6 Å². The van der Waals surface area contributed by atoms with E-state index in [1.807, 2.05) is 0 Å². The van der Waals surface area contributed by atoms with Crippen molar-refractivity contribution in [3.05, 3.63) is 37.6 Å². The molecular formula is C8H5ClIN3O2. The minimum atomic E-state index is -0.568. The van der Waals surface area contributed by atoms with E-state index >= 15 is 0 Å². The molecule has 0 bridgehead atoms. The third-order valence-electron chi connectivity index (χ3n) is 1.88. The van der Waals surface area contributed by atoms with Crippen molar-refractivity contribution in [2.45, 2.75) is 4.43 Å². The number of aromatic nitrogens is 3. The van der Waals surface area contributed by atoms with E-state index in [1.54, 1.807) is 0 Å². The molecule has 0 radical (unpaired) electrons. The Morgan fingerprint density at radius 1 is 1.40 bits per heavy atom. The van der Waals surface area contributed by atoms with Crippen molar-refractivity contribution < 1.29 is 0 Å². The topological polar surface area (TPSA) is 78.6 Å². The van der Waals surface area contributed by atoms with Crippen LogP contribution in [0.5, 0.6) is 0 Å². The maximum atomic E-state index is 11.4. The zero-order valence-corrected chi connectivity index (χ0v) is 10.2. The number of rotatable bonds is 1. The van der Waals surface area contributed by atoms with Crippen LogP contribution in [0.3, 0.4) is 0 Å². The third kappa shape index (κ3) is 1.91. The van der Waals surface area contributed by atoms with Crippen LogP contribution in [0.15, 0.2) is 15.7 Å². The minimum Gasteiger partial charge on any atom is -0.291 e. The summed E-state index contributed by atoms with van der Waals surface area (Å²) in [6, 6.07) is 1.51. The van der Waals surface area contributed by atoms with Gasteiger partial charge in [-0.15, -0.1) is 0 Å². The summed E-state index contributed by atoms with van der Waals surface area (Å²) >= 11 is 8.01. The van der Waals surface area contributed by atoms with Crippen LogP contribution < -0.4 is 11.2 Å². The number of H-pyrrole nitrogens is 2. The molecule has 0 aliphatic heterocycles. The number of nitrogens with one attached hydrogen (secondary N) is 2. The van der Waals surface area contributed by atoms with Crippen molar-refractivity contribution in [2.24, 2.45) is 0 Å². The van der Waals surface area contributed by atoms with Gasteiger partial charge in [0, 0.05) is 4.43 Å². The molecule has 15 heavy (non-hydrogen) atoms. The van der Waals surface area contributed by atoms with E-state index in [1.165, 1.54) is 6.07 Å². The molecule has 2 rings (SSSR count). The van der Waals surface area contributed by atoms with Crippen molar-refractivity contribution in [2.75, 3.05) is 0 Å². The van der Waals surface area contributed by atoms with Crippen molar-refractivity contribution in [1.29, 1.82) is 0 Å². The predicted molar refractivity (Wildman–Crippen MR) is 65.7 cm³/mol. The van der Waals surface area contributed by atoms with Gasteiger partial charge < -0.3 is 0 Å². The molecule has 78 valence electrons. The van der Waals surface area contributed by atoms with Crippen LogP contribution in [0.2, 0.25) is 5.02 Å². The number of alkyl halides is 1. The summed E-state index contributed by atoms with van der Waals surface area (Å²) in [6.45, 7) is 0. The third-order valence-corrected chi connectivity index (χ3v) is 2.93. The summed E-state index contributed by atoms with van der Waals surface area (Å²) in [6.07, 6.45) is 0. The largest absolute Gasteiger partial charge is 0.327 e. The normalized spacial score (nSPS) is 10.8. The lowest BCUT2D eigenvalue weighted by Crippen LogP contribution is -2.22. The van der Waals surface area contributed by atoms with Gasteiger partial charge in [-0.3, -0.25) is 14.8 Å². The van der Waals surface area contributed by atoms with E-state index < -0.39 is 11.2 Å². The van der Waals surface area contributed by atoms with Gasteiger partial charge in [0.05, 0.1) is 16.1 Å². The Labute approximate surface area is 102 Å². The van der Waals surface area contributed by atoms with Crippen LogP contribution in [-0.2, 0) is 4.43 Å². The Morgan fingerprint density at radius 3 is 2.80 bits per heavy atom. The summed E-state index contributed by atoms with van der Waals surface area (Å²) in [5, 5.41) is 0.711. The Balaban J connectivity index is 2.93. The Kier molecular flexibility index (Phi) is 2.79. The van der Waals surface area contributed by atoms with E-state index in [0.717, 1.165) is 0 Å². The molecule has 7 heteroatoms. The summed E-state index contributed by atoms with van der Waals surface area (Å²) in [4.78, 5) is 31.0. The second kappa shape index (κ2) is 3.93. The molecular weight excluding hydrogens is 332 g/mol. The van der Waals surface area contributed by atoms with Gasteiger partial charge in [0.25, 0.3) is 5.56 Å². The monoisotopic (exact) mass is 337 g/mol. The molecule has 5 nitrogen and oxygen atoms in total. The molecule has 0 saturated carbocycles. The number of aromatic amines is 2. The van der Waals surface area contributed by atoms with Gasteiger partial charge in [0.1, 0.15) is 5.65 Å². The van der Waals surface area contributed by atoms with Gasteiger partial charge in [0.2, 0.25) is 0 Å². The first-order valence-corrected chi connectivity index (χ1v) is 5.90. The van der Waals surface area contributed by atoms with E-state index in [9.17, 15) is 9.59 Å². The highest BCUT2D eigenvalue weighted by Crippen LogP contribution is 2.19. The van der Waals surface area contributed by atoms with Crippen LogP contribution in [0, 0.1) is 0 Å². The van der Waals surface area contributed by atoms with Gasteiger partial charge in [-0.25, -0.2) is 9.78 Å². The lowest BCUT2D eigenvalue weighted by Gasteiger charge is -2.01. The average molecular weight is 338 g/mol. The first kappa shape index (κ1) is 10.6. The molecule has 0 spiro atoms. The fourth-order valence-electron chi connectivity index (χ4n) is 1.20. The minimum absolute atomic E-state index is 0.264. The zero-order chi connectivity index (χ0) is 11.0. The number of halogens is 2. The van der Waals surface area contributed by atoms with Crippen LogP contribution in [0.4, 0.5) is 0 Å². The van der Waals surface area contributed by atoms with Crippen LogP contribution >= 0.6 is 34.2 Å². The molecule has 0 fully saturated rings. The molecule has 2 aromatic rings. The van der Waals surface area contributed by atoms with Gasteiger partial charge >= 0.3 is 5.69 Å². The molecule has 2 N–H and O–H groups in total. The smallest absolute Gasteiger partial charge is 0.291 e. The Hall–Kier alpha value is -0.890. The molecule has 0 aromatic carbocycles. The highest BCUT2D eigenvalue weighted by atomic mass is 127. The molecule has 2 aromatic heterocycles. The summed E-state index contributed by atoms with van der Waals surface area (Å²) < 4.78 is 0.612. The van der Waals surface area contributed by atoms with Crippen LogP contribution in [0.25, 0.3) is 11.0 Å². The van der Waals surface area contributed by atoms with Crippen molar-refractivity contribution in [3.8, 4) is 0 Å². The summed E-state index contributed by atoms with van der Waals surface area (Å²) in [5.74, 6) is 0. The van der Waals surface area contributed by atoms with Crippen molar-refractivity contribution >= 4 is 45.2 Å². The molecule has 0 aliphatic rings. The highest BCUT2D eigenvalue weighted by Gasteiger charge is 2.07. The molecule has 0 aliphatic carbocycles. The van der Waals surface area contributed by atoms with E-state index in [-0.39, 0.29) is 11.0 Å². The second-order valence-corrected chi connectivity index (χ2v) is 4.02. The van der Waals surface area contributed by atoms with Gasteiger partial charge in [0.15, 0.2) is 0 Å². The van der Waals surface area contributed by atoms with Crippen molar-refractivity contribution in [1.82, 2.24) is 15.0 Å². The van der Waals surface area contributed by atoms with E-state index in [2.05, 4.69) is 37.5 Å².